The lowest BCUT2D eigenvalue weighted by molar-refractivity contribution is 0.191. The highest BCUT2D eigenvalue weighted by atomic mass is 32.1. The maximum absolute atomic E-state index is 11.2. The number of carboxylic acid groups (broad SMARTS) is 1. The first-order valence-corrected chi connectivity index (χ1v) is 5.63. The topological polar surface area (TPSA) is 53.4 Å². The smallest absolute Gasteiger partial charge is 0.413 e. The molecule has 0 aliphatic heterocycles. The van der Waals surface area contributed by atoms with E-state index in [1.165, 1.54) is 16.2 Å². The summed E-state index contributed by atoms with van der Waals surface area (Å²) in [4.78, 5) is 16.5. The first-order valence-electron chi connectivity index (χ1n) is 4.75. The maximum atomic E-state index is 11.2. The van der Waals surface area contributed by atoms with Gasteiger partial charge in [0, 0.05) is 17.6 Å². The van der Waals surface area contributed by atoms with E-state index in [9.17, 15) is 9.90 Å². The Kier molecular flexibility index (Phi) is 3.34. The van der Waals surface area contributed by atoms with E-state index < -0.39 is 6.09 Å². The molecule has 0 spiro atoms. The van der Waals surface area contributed by atoms with Crippen molar-refractivity contribution in [2.75, 3.05) is 4.90 Å². The zero-order valence-corrected chi connectivity index (χ0v) is 10.2. The Hall–Kier alpha value is -1.10. The fourth-order valence-corrected chi connectivity index (χ4v) is 1.85. The van der Waals surface area contributed by atoms with Crippen molar-refractivity contribution in [3.8, 4) is 0 Å². The lowest BCUT2D eigenvalue weighted by Crippen LogP contribution is -2.45. The summed E-state index contributed by atoms with van der Waals surface area (Å²) in [5, 5.41) is 11.5. The third-order valence-corrected chi connectivity index (χ3v) is 3.24. The van der Waals surface area contributed by atoms with Gasteiger partial charge in [-0.05, 0) is 12.3 Å². The van der Waals surface area contributed by atoms with E-state index in [0.29, 0.717) is 5.13 Å². The summed E-state index contributed by atoms with van der Waals surface area (Å²) in [7, 11) is 0. The second kappa shape index (κ2) is 4.18. The van der Waals surface area contributed by atoms with E-state index in [1.807, 2.05) is 27.7 Å². The SMILES string of the molecule is CC(N(C(=O)O)c1nccs1)C(C)(C)C. The van der Waals surface area contributed by atoms with Crippen LogP contribution in [0.15, 0.2) is 11.6 Å². The molecule has 1 N–H and O–H groups in total. The Morgan fingerprint density at radius 1 is 1.60 bits per heavy atom. The molecule has 0 saturated heterocycles. The van der Waals surface area contributed by atoms with E-state index in [1.54, 1.807) is 11.6 Å². The van der Waals surface area contributed by atoms with E-state index in [-0.39, 0.29) is 11.5 Å². The number of hydrogen-bond acceptors (Lipinski definition) is 3. The maximum Gasteiger partial charge on any atom is 0.413 e. The summed E-state index contributed by atoms with van der Waals surface area (Å²) >= 11 is 1.34. The lowest BCUT2D eigenvalue weighted by atomic mass is 9.87. The number of amides is 1. The normalized spacial score (nSPS) is 13.6. The second-order valence-electron chi connectivity index (χ2n) is 4.51. The van der Waals surface area contributed by atoms with Crippen LogP contribution in [0.4, 0.5) is 9.93 Å². The third kappa shape index (κ3) is 2.68. The number of anilines is 1. The number of rotatable bonds is 2. The van der Waals surface area contributed by atoms with Crippen LogP contribution in [-0.2, 0) is 0 Å². The van der Waals surface area contributed by atoms with Crippen LogP contribution >= 0.6 is 11.3 Å². The zero-order chi connectivity index (χ0) is 11.6. The van der Waals surface area contributed by atoms with Crippen molar-refractivity contribution < 1.29 is 9.90 Å². The number of thiazole rings is 1. The van der Waals surface area contributed by atoms with Crippen LogP contribution in [0.25, 0.3) is 0 Å². The highest BCUT2D eigenvalue weighted by Gasteiger charge is 2.32. The first-order chi connectivity index (χ1) is 6.84. The number of nitrogens with zero attached hydrogens (tertiary/aromatic N) is 2. The van der Waals surface area contributed by atoms with E-state index in [4.69, 9.17) is 0 Å². The van der Waals surface area contributed by atoms with Gasteiger partial charge in [0.15, 0.2) is 5.13 Å². The van der Waals surface area contributed by atoms with Crippen molar-refractivity contribution in [3.05, 3.63) is 11.6 Å². The van der Waals surface area contributed by atoms with Crippen LogP contribution in [0.3, 0.4) is 0 Å². The van der Waals surface area contributed by atoms with E-state index in [2.05, 4.69) is 4.98 Å². The predicted molar refractivity (Wildman–Crippen MR) is 61.5 cm³/mol. The molecule has 1 unspecified atom stereocenters. The molecule has 0 aromatic carbocycles. The largest absolute Gasteiger partial charge is 0.465 e. The second-order valence-corrected chi connectivity index (χ2v) is 5.38. The molecule has 1 rings (SSSR count). The molecule has 1 aromatic rings. The Balaban J connectivity index is 3.00. The van der Waals surface area contributed by atoms with Gasteiger partial charge in [-0.15, -0.1) is 11.3 Å². The van der Waals surface area contributed by atoms with Crippen molar-refractivity contribution in [2.24, 2.45) is 5.41 Å². The van der Waals surface area contributed by atoms with Crippen molar-refractivity contribution in [1.82, 2.24) is 4.98 Å². The molecular weight excluding hydrogens is 212 g/mol. The molecule has 1 atom stereocenters. The Morgan fingerprint density at radius 3 is 2.53 bits per heavy atom. The van der Waals surface area contributed by atoms with Gasteiger partial charge in [-0.1, -0.05) is 20.8 Å². The molecule has 0 bridgehead atoms. The molecule has 4 nitrogen and oxygen atoms in total. The molecule has 0 aliphatic rings. The van der Waals surface area contributed by atoms with Gasteiger partial charge >= 0.3 is 6.09 Å². The van der Waals surface area contributed by atoms with Gasteiger partial charge in [-0.3, -0.25) is 0 Å². The van der Waals surface area contributed by atoms with Gasteiger partial charge in [-0.25, -0.2) is 14.7 Å². The average Bonchev–Trinajstić information content (AvgIpc) is 2.54. The standard InChI is InChI=1S/C10H16N2O2S/c1-7(10(2,3)4)12(9(13)14)8-11-5-6-15-8/h5-7H,1-4H3,(H,13,14). The highest BCUT2D eigenvalue weighted by Crippen LogP contribution is 2.29. The molecule has 0 saturated carbocycles. The Bertz CT molecular complexity index is 330. The average molecular weight is 228 g/mol. The molecule has 0 fully saturated rings. The number of aromatic nitrogens is 1. The number of carbonyl (C=O) groups is 1. The van der Waals surface area contributed by atoms with E-state index in [0.717, 1.165) is 0 Å². The van der Waals surface area contributed by atoms with Crippen molar-refractivity contribution >= 4 is 22.6 Å². The van der Waals surface area contributed by atoms with Crippen LogP contribution in [0.1, 0.15) is 27.7 Å². The minimum atomic E-state index is -0.952. The van der Waals surface area contributed by atoms with Gasteiger partial charge in [-0.2, -0.15) is 0 Å². The lowest BCUT2D eigenvalue weighted by Gasteiger charge is -2.34. The fourth-order valence-electron chi connectivity index (χ4n) is 1.14. The molecule has 1 heterocycles. The molecule has 84 valence electrons. The van der Waals surface area contributed by atoms with Gasteiger partial charge in [0.05, 0.1) is 0 Å². The molecular formula is C10H16N2O2S. The fraction of sp³-hybridized carbons (Fsp3) is 0.600. The summed E-state index contributed by atoms with van der Waals surface area (Å²) in [6.45, 7) is 7.94. The molecule has 5 heteroatoms. The quantitative estimate of drug-likeness (QED) is 0.846. The van der Waals surface area contributed by atoms with Crippen molar-refractivity contribution in [1.29, 1.82) is 0 Å². The minimum absolute atomic E-state index is 0.107. The van der Waals surface area contributed by atoms with Crippen molar-refractivity contribution in [3.63, 3.8) is 0 Å². The summed E-state index contributed by atoms with van der Waals surface area (Å²) in [5.41, 5.74) is -0.107. The van der Waals surface area contributed by atoms with Crippen LogP contribution in [-0.4, -0.2) is 22.2 Å². The summed E-state index contributed by atoms with van der Waals surface area (Å²) in [6.07, 6.45) is 0.665. The molecule has 0 aliphatic carbocycles. The molecule has 1 aromatic heterocycles. The molecule has 15 heavy (non-hydrogen) atoms. The van der Waals surface area contributed by atoms with Gasteiger partial charge in [0.25, 0.3) is 0 Å². The van der Waals surface area contributed by atoms with Crippen molar-refractivity contribution in [2.45, 2.75) is 33.7 Å². The third-order valence-electron chi connectivity index (χ3n) is 2.47. The minimum Gasteiger partial charge on any atom is -0.465 e. The summed E-state index contributed by atoms with van der Waals surface area (Å²) in [6, 6.07) is -0.110. The van der Waals surface area contributed by atoms with Gasteiger partial charge in [0.1, 0.15) is 0 Å². The van der Waals surface area contributed by atoms with Gasteiger partial charge < -0.3 is 5.11 Å². The highest BCUT2D eigenvalue weighted by molar-refractivity contribution is 7.13. The first kappa shape index (κ1) is 12.0. The van der Waals surface area contributed by atoms with E-state index >= 15 is 0 Å². The van der Waals surface area contributed by atoms with Crippen LogP contribution in [0.2, 0.25) is 0 Å². The van der Waals surface area contributed by atoms with Crippen LogP contribution in [0.5, 0.6) is 0 Å². The Morgan fingerprint density at radius 2 is 2.20 bits per heavy atom. The van der Waals surface area contributed by atoms with Crippen LogP contribution < -0.4 is 4.90 Å². The zero-order valence-electron chi connectivity index (χ0n) is 9.39. The summed E-state index contributed by atoms with van der Waals surface area (Å²) < 4.78 is 0. The Labute approximate surface area is 93.6 Å². The molecule has 0 radical (unpaired) electrons. The summed E-state index contributed by atoms with van der Waals surface area (Å²) in [5.74, 6) is 0. The monoisotopic (exact) mass is 228 g/mol. The molecule has 1 amide bonds. The number of hydrogen-bond donors (Lipinski definition) is 1. The van der Waals surface area contributed by atoms with Gasteiger partial charge in [0.2, 0.25) is 0 Å². The predicted octanol–water partition coefficient (Wildman–Crippen LogP) is 3.06. The van der Waals surface area contributed by atoms with Crippen LogP contribution in [0, 0.1) is 5.41 Å².